The van der Waals surface area contributed by atoms with Gasteiger partial charge in [-0.25, -0.2) is 9.99 Å². The topological polar surface area (TPSA) is 111 Å². The number of hydrogen-bond acceptors (Lipinski definition) is 7. The van der Waals surface area contributed by atoms with Crippen molar-refractivity contribution in [3.05, 3.63) is 58.7 Å². The molecule has 4 rings (SSSR count). The molecule has 3 aromatic rings. The van der Waals surface area contributed by atoms with E-state index in [-0.39, 0.29) is 18.0 Å². The fourth-order valence-corrected chi connectivity index (χ4v) is 4.24. The molecule has 1 amide bonds. The van der Waals surface area contributed by atoms with Crippen LogP contribution in [0.15, 0.2) is 47.6 Å². The third-order valence-corrected chi connectivity index (χ3v) is 6.07. The van der Waals surface area contributed by atoms with E-state index < -0.39 is 17.9 Å². The lowest BCUT2D eigenvalue weighted by atomic mass is 9.98. The van der Waals surface area contributed by atoms with Crippen LogP contribution in [0.2, 0.25) is 5.15 Å². The van der Waals surface area contributed by atoms with Crippen molar-refractivity contribution in [3.8, 4) is 17.2 Å². The van der Waals surface area contributed by atoms with Gasteiger partial charge in [-0.2, -0.15) is 5.10 Å². The highest BCUT2D eigenvalue weighted by molar-refractivity contribution is 6.30. The van der Waals surface area contributed by atoms with Gasteiger partial charge in [0.15, 0.2) is 0 Å². The number of nitrogens with zero attached hydrogens (tertiary/aromatic N) is 3. The summed E-state index contributed by atoms with van der Waals surface area (Å²) >= 11 is 6.58. The number of carbonyl (C=O) groups excluding carboxylic acids is 1. The second-order valence-corrected chi connectivity index (χ2v) is 8.29. The van der Waals surface area contributed by atoms with Crippen molar-refractivity contribution >= 4 is 40.1 Å². The minimum atomic E-state index is -1.06. The van der Waals surface area contributed by atoms with Gasteiger partial charge in [0.05, 0.1) is 45.0 Å². The van der Waals surface area contributed by atoms with E-state index in [2.05, 4.69) is 10.1 Å². The first-order chi connectivity index (χ1) is 16.8. The van der Waals surface area contributed by atoms with Gasteiger partial charge >= 0.3 is 5.97 Å². The highest BCUT2D eigenvalue weighted by atomic mass is 35.5. The Bertz CT molecular complexity index is 1300. The van der Waals surface area contributed by atoms with E-state index in [9.17, 15) is 9.59 Å². The number of hydrazone groups is 1. The molecule has 0 unspecified atom stereocenters. The maximum Gasteiger partial charge on any atom is 0.303 e. The summed E-state index contributed by atoms with van der Waals surface area (Å²) in [6, 6.07) is 12.1. The minimum absolute atomic E-state index is 0.198. The smallest absolute Gasteiger partial charge is 0.303 e. The van der Waals surface area contributed by atoms with Crippen LogP contribution >= 0.6 is 11.6 Å². The summed E-state index contributed by atoms with van der Waals surface area (Å²) in [4.78, 5) is 28.6. The molecule has 1 aliphatic rings. The number of methoxy groups -OCH3 is 3. The number of carboxylic acids is 1. The number of benzene rings is 2. The number of hydrogen-bond donors (Lipinski definition) is 1. The van der Waals surface area contributed by atoms with Crippen molar-refractivity contribution in [1.29, 1.82) is 0 Å². The van der Waals surface area contributed by atoms with Crippen LogP contribution in [0, 0.1) is 0 Å². The summed E-state index contributed by atoms with van der Waals surface area (Å²) in [6.07, 6.45) is -0.163. The summed E-state index contributed by atoms with van der Waals surface area (Å²) in [5.74, 6) is 0.324. The lowest BCUT2D eigenvalue weighted by molar-refractivity contribution is -0.141. The van der Waals surface area contributed by atoms with E-state index in [0.29, 0.717) is 46.0 Å². The van der Waals surface area contributed by atoms with Gasteiger partial charge in [0.2, 0.25) is 5.91 Å². The number of amides is 1. The monoisotopic (exact) mass is 497 g/mol. The summed E-state index contributed by atoms with van der Waals surface area (Å²) in [5.41, 5.74) is 2.61. The largest absolute Gasteiger partial charge is 0.497 e. The van der Waals surface area contributed by atoms with Gasteiger partial charge in [0.1, 0.15) is 22.4 Å². The van der Waals surface area contributed by atoms with Crippen LogP contribution in [-0.4, -0.2) is 54.0 Å². The highest BCUT2D eigenvalue weighted by Gasteiger charge is 2.35. The molecule has 0 radical (unpaired) electrons. The first-order valence-electron chi connectivity index (χ1n) is 10.8. The third-order valence-electron chi connectivity index (χ3n) is 5.76. The number of aliphatic carboxylic acids is 1. The van der Waals surface area contributed by atoms with Gasteiger partial charge in [0.25, 0.3) is 0 Å². The summed E-state index contributed by atoms with van der Waals surface area (Å²) in [6.45, 7) is 0. The van der Waals surface area contributed by atoms with Crippen molar-refractivity contribution < 1.29 is 28.9 Å². The molecule has 2 heterocycles. The first kappa shape index (κ1) is 24.3. The van der Waals surface area contributed by atoms with Crippen molar-refractivity contribution in [2.75, 3.05) is 21.3 Å². The van der Waals surface area contributed by atoms with Gasteiger partial charge < -0.3 is 19.3 Å². The van der Waals surface area contributed by atoms with Crippen LogP contribution in [0.3, 0.4) is 0 Å². The molecular weight excluding hydrogens is 474 g/mol. The van der Waals surface area contributed by atoms with Gasteiger partial charge in [-0.05, 0) is 36.4 Å². The Balaban J connectivity index is 1.78. The lowest BCUT2D eigenvalue weighted by Crippen LogP contribution is -2.27. The molecule has 0 saturated carbocycles. The van der Waals surface area contributed by atoms with E-state index in [1.165, 1.54) is 5.01 Å². The molecular formula is C25H24ClN3O6. The van der Waals surface area contributed by atoms with E-state index in [1.807, 2.05) is 12.1 Å². The third kappa shape index (κ3) is 5.14. The lowest BCUT2D eigenvalue weighted by Gasteiger charge is -2.23. The fourth-order valence-electron chi connectivity index (χ4n) is 3.97. The SMILES string of the molecule is COc1cc(OC)cc(C2=NN(C(=O)CCC(=O)O)[C@@H](c3cc4cc(OC)ccc4nc3Cl)C2)c1. The average Bonchev–Trinajstić information content (AvgIpc) is 3.31. The van der Waals surface area contributed by atoms with Crippen molar-refractivity contribution in [3.63, 3.8) is 0 Å². The number of rotatable bonds is 8. The Morgan fingerprint density at radius 2 is 1.69 bits per heavy atom. The molecule has 0 bridgehead atoms. The van der Waals surface area contributed by atoms with E-state index >= 15 is 0 Å². The van der Waals surface area contributed by atoms with Gasteiger partial charge in [-0.1, -0.05) is 11.6 Å². The molecule has 0 fully saturated rings. The summed E-state index contributed by atoms with van der Waals surface area (Å²) in [5, 5.41) is 16.0. The van der Waals surface area contributed by atoms with Gasteiger partial charge in [-0.15, -0.1) is 0 Å². The van der Waals surface area contributed by atoms with Gasteiger partial charge in [-0.3, -0.25) is 9.59 Å². The normalized spacial score (nSPS) is 15.1. The molecule has 1 atom stereocenters. The number of carboxylic acid groups (broad SMARTS) is 1. The molecule has 1 aromatic heterocycles. The molecule has 182 valence electrons. The maximum atomic E-state index is 13.1. The fraction of sp³-hybridized carbons (Fsp3) is 0.280. The minimum Gasteiger partial charge on any atom is -0.497 e. The number of pyridine rings is 1. The molecule has 10 heteroatoms. The van der Waals surface area contributed by atoms with E-state index in [1.54, 1.807) is 51.7 Å². The Morgan fingerprint density at radius 1 is 1.00 bits per heavy atom. The number of halogens is 1. The van der Waals surface area contributed by atoms with Crippen LogP contribution in [0.5, 0.6) is 17.2 Å². The number of ether oxygens (including phenoxy) is 3. The zero-order valence-corrected chi connectivity index (χ0v) is 20.2. The second kappa shape index (κ2) is 10.2. The van der Waals surface area contributed by atoms with Crippen LogP contribution in [0.25, 0.3) is 10.9 Å². The van der Waals surface area contributed by atoms with Crippen molar-refractivity contribution in [1.82, 2.24) is 9.99 Å². The zero-order chi connectivity index (χ0) is 25.1. The predicted molar refractivity (Wildman–Crippen MR) is 130 cm³/mol. The Morgan fingerprint density at radius 3 is 2.31 bits per heavy atom. The average molecular weight is 498 g/mol. The van der Waals surface area contributed by atoms with Crippen molar-refractivity contribution in [2.45, 2.75) is 25.3 Å². The standard InChI is InChI=1S/C25H24ClN3O6/c1-33-16-4-5-20-15(8-16)11-19(25(26)27-20)22-13-21(28-29(22)23(30)6-7-24(31)32)14-9-17(34-2)12-18(10-14)35-3/h4-5,8-12,22H,6-7,13H2,1-3H3,(H,31,32)/t22-/m1/s1. The van der Waals surface area contributed by atoms with Crippen LogP contribution in [0.4, 0.5) is 0 Å². The Labute approximate surface area is 206 Å². The molecule has 1 N–H and O–H groups in total. The summed E-state index contributed by atoms with van der Waals surface area (Å²) in [7, 11) is 4.68. The van der Waals surface area contributed by atoms with Crippen LogP contribution in [0.1, 0.15) is 36.4 Å². The molecule has 2 aromatic carbocycles. The quantitative estimate of drug-likeness (QED) is 0.457. The molecule has 35 heavy (non-hydrogen) atoms. The van der Waals surface area contributed by atoms with Crippen LogP contribution < -0.4 is 14.2 Å². The van der Waals surface area contributed by atoms with E-state index in [4.69, 9.17) is 30.9 Å². The first-order valence-corrected chi connectivity index (χ1v) is 11.2. The predicted octanol–water partition coefficient (Wildman–Crippen LogP) is 4.46. The van der Waals surface area contributed by atoms with E-state index in [0.717, 1.165) is 5.39 Å². The van der Waals surface area contributed by atoms with Crippen LogP contribution in [-0.2, 0) is 9.59 Å². The Kier molecular flexibility index (Phi) is 7.07. The molecule has 0 spiro atoms. The number of fused-ring (bicyclic) bond motifs is 1. The van der Waals surface area contributed by atoms with Gasteiger partial charge in [0, 0.05) is 35.4 Å². The zero-order valence-electron chi connectivity index (χ0n) is 19.4. The number of aromatic nitrogens is 1. The Hall–Kier alpha value is -3.85. The maximum absolute atomic E-state index is 13.1. The number of carbonyl (C=O) groups is 2. The highest BCUT2D eigenvalue weighted by Crippen LogP contribution is 2.39. The van der Waals surface area contributed by atoms with Crippen molar-refractivity contribution in [2.24, 2.45) is 5.10 Å². The molecule has 9 nitrogen and oxygen atoms in total. The summed E-state index contributed by atoms with van der Waals surface area (Å²) < 4.78 is 16.1. The molecule has 0 saturated heterocycles. The molecule has 0 aliphatic carbocycles. The second-order valence-electron chi connectivity index (χ2n) is 7.93. The molecule has 1 aliphatic heterocycles.